The lowest BCUT2D eigenvalue weighted by Gasteiger charge is -2.47. The Labute approximate surface area is 359 Å². The van der Waals surface area contributed by atoms with Crippen molar-refractivity contribution >= 4 is 79.2 Å². The topological polar surface area (TPSA) is 19.6 Å². The van der Waals surface area contributed by atoms with Gasteiger partial charge in [-0.15, -0.1) is 0 Å². The monoisotopic (exact) mass is 786 g/mol. The average Bonchev–Trinajstić information content (AvgIpc) is 3.67. The second-order valence-electron chi connectivity index (χ2n) is 18.8. The molecule has 0 unspecified atom stereocenters. The Morgan fingerprint density at radius 2 is 1.03 bits per heavy atom. The summed E-state index contributed by atoms with van der Waals surface area (Å²) < 4.78 is 6.59. The Morgan fingerprint density at radius 1 is 0.459 bits per heavy atom. The van der Waals surface area contributed by atoms with Gasteiger partial charge in [-0.1, -0.05) is 143 Å². The van der Waals surface area contributed by atoms with Crippen LogP contribution < -0.4 is 26.2 Å². The second-order valence-corrected chi connectivity index (χ2v) is 18.8. The average molecular weight is 787 g/mol. The van der Waals surface area contributed by atoms with Crippen LogP contribution in [0.3, 0.4) is 0 Å². The molecule has 1 aliphatic carbocycles. The highest BCUT2D eigenvalue weighted by Crippen LogP contribution is 2.52. The van der Waals surface area contributed by atoms with E-state index in [9.17, 15) is 0 Å². The van der Waals surface area contributed by atoms with Gasteiger partial charge >= 0.3 is 0 Å². The summed E-state index contributed by atoms with van der Waals surface area (Å²) in [5, 5.41) is 2.28. The molecule has 3 heterocycles. The van der Waals surface area contributed by atoms with Crippen LogP contribution in [0.2, 0.25) is 0 Å². The van der Waals surface area contributed by atoms with Gasteiger partial charge < -0.3 is 14.2 Å². The van der Waals surface area contributed by atoms with E-state index in [1.165, 1.54) is 78.1 Å². The standard InChI is InChI=1S/C57H47BN2O/c1-36-31-50-55-51(32-36)60(48-20-14-22-53-54(48)42-19-12-13-21-52(42)61-53)49-35-44-43(56(2,3)29-30-57(44,4)5)34-46(49)58(55)45-33-40(38-17-10-7-11-18-38)25-28-47(45)59(50)41-26-23-39(24-27-41)37-15-8-6-9-16-37/h6-28,31-35H,29-30H2,1-5H3. The van der Waals surface area contributed by atoms with E-state index in [-0.39, 0.29) is 17.5 Å². The summed E-state index contributed by atoms with van der Waals surface area (Å²) in [6.45, 7) is 12.1. The fourth-order valence-corrected chi connectivity index (χ4v) is 10.9. The lowest BCUT2D eigenvalue weighted by Crippen LogP contribution is -2.62. The molecule has 12 rings (SSSR count). The molecular formula is C57H47BN2O. The van der Waals surface area contributed by atoms with E-state index in [0.717, 1.165) is 46.2 Å². The molecule has 9 aromatic rings. The molecule has 0 saturated heterocycles. The summed E-state index contributed by atoms with van der Waals surface area (Å²) >= 11 is 0. The second kappa shape index (κ2) is 13.1. The Morgan fingerprint density at radius 3 is 1.75 bits per heavy atom. The third kappa shape index (κ3) is 5.44. The number of furan rings is 1. The quantitative estimate of drug-likeness (QED) is 0.166. The Hall–Kier alpha value is -6.78. The minimum Gasteiger partial charge on any atom is -0.456 e. The highest BCUT2D eigenvalue weighted by Gasteiger charge is 2.47. The molecule has 0 saturated carbocycles. The number of hydrogen-bond donors (Lipinski definition) is 0. The first-order valence-corrected chi connectivity index (χ1v) is 21.8. The van der Waals surface area contributed by atoms with Crippen molar-refractivity contribution in [1.82, 2.24) is 0 Å². The molecule has 3 nitrogen and oxygen atoms in total. The van der Waals surface area contributed by atoms with E-state index < -0.39 is 0 Å². The summed E-state index contributed by atoms with van der Waals surface area (Å²) in [6.07, 6.45) is 2.31. The van der Waals surface area contributed by atoms with Crippen LogP contribution in [0.1, 0.15) is 57.2 Å². The maximum Gasteiger partial charge on any atom is 0.252 e. The molecular weight excluding hydrogens is 739 g/mol. The molecule has 0 radical (unpaired) electrons. The van der Waals surface area contributed by atoms with E-state index in [1.54, 1.807) is 0 Å². The predicted molar refractivity (Wildman–Crippen MR) is 259 cm³/mol. The van der Waals surface area contributed by atoms with E-state index >= 15 is 0 Å². The van der Waals surface area contributed by atoms with Crippen molar-refractivity contribution < 1.29 is 4.42 Å². The van der Waals surface area contributed by atoms with Gasteiger partial charge in [0.2, 0.25) is 0 Å². The van der Waals surface area contributed by atoms with Crippen molar-refractivity contribution in [2.45, 2.75) is 58.3 Å². The number of aryl methyl sites for hydroxylation is 1. The summed E-state index contributed by atoms with van der Waals surface area (Å²) in [5.41, 5.74) is 22.2. The van der Waals surface area contributed by atoms with Gasteiger partial charge in [-0.3, -0.25) is 0 Å². The maximum atomic E-state index is 6.59. The fraction of sp³-hybridized carbons (Fsp3) is 0.158. The number of anilines is 6. The molecule has 1 aromatic heterocycles. The Kier molecular flexibility index (Phi) is 7.76. The minimum atomic E-state index is 0.00166. The summed E-state index contributed by atoms with van der Waals surface area (Å²) in [6, 6.07) is 63.1. The van der Waals surface area contributed by atoms with Crippen LogP contribution in [-0.2, 0) is 10.8 Å². The van der Waals surface area contributed by atoms with Gasteiger partial charge in [-0.05, 0) is 141 Å². The van der Waals surface area contributed by atoms with Gasteiger partial charge in [-0.25, -0.2) is 0 Å². The number of hydrogen-bond acceptors (Lipinski definition) is 3. The Bertz CT molecular complexity index is 3220. The molecule has 0 atom stereocenters. The van der Waals surface area contributed by atoms with Crippen molar-refractivity contribution in [1.29, 1.82) is 0 Å². The van der Waals surface area contributed by atoms with Crippen molar-refractivity contribution in [3.05, 3.63) is 187 Å². The SMILES string of the molecule is Cc1cc2c3c(c1)N(c1cccc4oc5ccccc5c14)c1cc4c(cc1B3c1cc(-c3ccccc3)ccc1N2c1ccc(-c2ccccc2)cc1)C(C)(C)CCC4(C)C. The molecule has 4 heteroatoms. The first kappa shape index (κ1) is 36.1. The van der Waals surface area contributed by atoms with Crippen molar-refractivity contribution in [2.75, 3.05) is 9.80 Å². The largest absolute Gasteiger partial charge is 0.456 e. The van der Waals surface area contributed by atoms with Gasteiger partial charge in [0.05, 0.1) is 11.1 Å². The normalized spacial score (nSPS) is 15.7. The minimum absolute atomic E-state index is 0.00166. The summed E-state index contributed by atoms with van der Waals surface area (Å²) in [5.74, 6) is 0. The fourth-order valence-electron chi connectivity index (χ4n) is 10.9. The van der Waals surface area contributed by atoms with Crippen LogP contribution in [-0.4, -0.2) is 6.71 Å². The molecule has 3 aliphatic rings. The molecule has 0 amide bonds. The molecule has 61 heavy (non-hydrogen) atoms. The molecule has 0 fully saturated rings. The smallest absolute Gasteiger partial charge is 0.252 e. The third-order valence-electron chi connectivity index (χ3n) is 14.1. The predicted octanol–water partition coefficient (Wildman–Crippen LogP) is 13.7. The summed E-state index contributed by atoms with van der Waals surface area (Å²) in [4.78, 5) is 5.13. The van der Waals surface area contributed by atoms with Crippen LogP contribution in [0, 0.1) is 6.92 Å². The molecule has 2 aliphatic heterocycles. The molecule has 0 spiro atoms. The molecule has 0 N–H and O–H groups in total. The van der Waals surface area contributed by atoms with E-state index in [0.29, 0.717) is 0 Å². The van der Waals surface area contributed by atoms with E-state index in [4.69, 9.17) is 4.42 Å². The van der Waals surface area contributed by atoms with Gasteiger partial charge in [-0.2, -0.15) is 0 Å². The lowest BCUT2D eigenvalue weighted by molar-refractivity contribution is 0.332. The molecule has 0 bridgehead atoms. The van der Waals surface area contributed by atoms with Crippen LogP contribution >= 0.6 is 0 Å². The zero-order chi connectivity index (χ0) is 41.2. The number of benzene rings is 8. The van der Waals surface area contributed by atoms with Gasteiger partial charge in [0.1, 0.15) is 11.2 Å². The first-order chi connectivity index (χ1) is 29.6. The van der Waals surface area contributed by atoms with Gasteiger partial charge in [0.15, 0.2) is 0 Å². The zero-order valence-electron chi connectivity index (χ0n) is 35.5. The van der Waals surface area contributed by atoms with Gasteiger partial charge in [0, 0.05) is 33.8 Å². The maximum absolute atomic E-state index is 6.59. The number of para-hydroxylation sites is 1. The lowest BCUT2D eigenvalue weighted by atomic mass is 9.33. The van der Waals surface area contributed by atoms with Gasteiger partial charge in [0.25, 0.3) is 6.71 Å². The van der Waals surface area contributed by atoms with Crippen LogP contribution in [0.25, 0.3) is 44.2 Å². The number of rotatable bonds is 4. The molecule has 294 valence electrons. The highest BCUT2D eigenvalue weighted by molar-refractivity contribution is 7.00. The van der Waals surface area contributed by atoms with E-state index in [2.05, 4.69) is 214 Å². The third-order valence-corrected chi connectivity index (χ3v) is 14.1. The Balaban J connectivity index is 1.19. The van der Waals surface area contributed by atoms with Crippen molar-refractivity contribution in [2.24, 2.45) is 0 Å². The number of nitrogens with zero attached hydrogens (tertiary/aromatic N) is 2. The zero-order valence-corrected chi connectivity index (χ0v) is 35.5. The van der Waals surface area contributed by atoms with Crippen LogP contribution in [0.4, 0.5) is 34.1 Å². The number of fused-ring (bicyclic) bond motifs is 8. The van der Waals surface area contributed by atoms with Crippen molar-refractivity contribution in [3.8, 4) is 22.3 Å². The highest BCUT2D eigenvalue weighted by atomic mass is 16.3. The summed E-state index contributed by atoms with van der Waals surface area (Å²) in [7, 11) is 0. The molecule has 8 aromatic carbocycles. The van der Waals surface area contributed by atoms with Crippen LogP contribution in [0.5, 0.6) is 0 Å². The van der Waals surface area contributed by atoms with E-state index in [1.807, 2.05) is 0 Å². The van der Waals surface area contributed by atoms with Crippen LogP contribution in [0.15, 0.2) is 174 Å². The first-order valence-electron chi connectivity index (χ1n) is 21.8. The van der Waals surface area contributed by atoms with Crippen molar-refractivity contribution in [3.63, 3.8) is 0 Å².